The number of nitrogens with one attached hydrogen (secondary N) is 1. The Morgan fingerprint density at radius 1 is 0.850 bits per heavy atom. The molecule has 6 heteroatoms. The summed E-state index contributed by atoms with van der Waals surface area (Å²) in [6.07, 6.45) is 0. The van der Waals surface area contributed by atoms with E-state index in [0.29, 0.717) is 5.56 Å². The summed E-state index contributed by atoms with van der Waals surface area (Å²) in [5.41, 5.74) is 0.636. The van der Waals surface area contributed by atoms with Crippen molar-refractivity contribution in [1.82, 2.24) is 5.32 Å². The van der Waals surface area contributed by atoms with Crippen LogP contribution in [0.4, 0.5) is 8.78 Å². The third-order valence-corrected chi connectivity index (χ3v) is 2.86. The number of rotatable bonds is 4. The van der Waals surface area contributed by atoms with Crippen LogP contribution in [-0.2, 0) is 13.1 Å². The maximum Gasteiger partial charge on any atom is 0.200 e. The number of aromatic hydroxyl groups is 3. The van der Waals surface area contributed by atoms with E-state index in [1.807, 2.05) is 0 Å². The van der Waals surface area contributed by atoms with Gasteiger partial charge in [-0.3, -0.25) is 0 Å². The summed E-state index contributed by atoms with van der Waals surface area (Å²) in [7, 11) is 0. The van der Waals surface area contributed by atoms with Gasteiger partial charge in [-0.25, -0.2) is 8.78 Å². The van der Waals surface area contributed by atoms with Crippen molar-refractivity contribution in [3.8, 4) is 17.2 Å². The van der Waals surface area contributed by atoms with E-state index in [1.54, 1.807) is 0 Å². The predicted octanol–water partition coefficient (Wildman–Crippen LogP) is 2.37. The van der Waals surface area contributed by atoms with E-state index in [4.69, 9.17) is 0 Å². The fourth-order valence-electron chi connectivity index (χ4n) is 1.75. The molecule has 0 aliphatic heterocycles. The minimum atomic E-state index is -0.657. The highest BCUT2D eigenvalue weighted by Crippen LogP contribution is 2.36. The molecule has 0 radical (unpaired) electrons. The van der Waals surface area contributed by atoms with E-state index in [1.165, 1.54) is 18.2 Å². The number of phenols is 3. The molecule has 0 spiro atoms. The molecule has 20 heavy (non-hydrogen) atoms. The SMILES string of the molecule is Oc1ccc(CNCc2ccc(F)cc2F)c(O)c1O. The summed E-state index contributed by atoms with van der Waals surface area (Å²) < 4.78 is 26.1. The summed E-state index contributed by atoms with van der Waals surface area (Å²) >= 11 is 0. The van der Waals surface area contributed by atoms with Gasteiger partial charge >= 0.3 is 0 Å². The van der Waals surface area contributed by atoms with Crippen molar-refractivity contribution in [3.05, 3.63) is 53.1 Å². The van der Waals surface area contributed by atoms with Gasteiger partial charge in [-0.1, -0.05) is 12.1 Å². The molecular weight excluding hydrogens is 268 g/mol. The van der Waals surface area contributed by atoms with Crippen LogP contribution in [0, 0.1) is 11.6 Å². The molecule has 0 heterocycles. The molecule has 106 valence electrons. The van der Waals surface area contributed by atoms with Gasteiger partial charge in [0.25, 0.3) is 0 Å². The average molecular weight is 281 g/mol. The molecule has 4 N–H and O–H groups in total. The molecule has 0 fully saturated rings. The average Bonchev–Trinajstić information content (AvgIpc) is 2.41. The number of benzene rings is 2. The molecule has 0 bridgehead atoms. The molecule has 0 amide bonds. The first kappa shape index (κ1) is 14.1. The van der Waals surface area contributed by atoms with E-state index in [-0.39, 0.29) is 18.7 Å². The zero-order valence-corrected chi connectivity index (χ0v) is 10.4. The number of hydrogen-bond acceptors (Lipinski definition) is 4. The van der Waals surface area contributed by atoms with Crippen LogP contribution in [0.2, 0.25) is 0 Å². The van der Waals surface area contributed by atoms with Crippen LogP contribution in [0.5, 0.6) is 17.2 Å². The van der Waals surface area contributed by atoms with E-state index in [9.17, 15) is 24.1 Å². The Hall–Kier alpha value is -2.34. The van der Waals surface area contributed by atoms with Gasteiger partial charge < -0.3 is 20.6 Å². The molecule has 2 rings (SSSR count). The number of phenolic OH excluding ortho intramolecular Hbond substituents is 3. The van der Waals surface area contributed by atoms with E-state index < -0.39 is 28.9 Å². The summed E-state index contributed by atoms with van der Waals surface area (Å²) in [6.45, 7) is 0.281. The smallest absolute Gasteiger partial charge is 0.200 e. The summed E-state index contributed by atoms with van der Waals surface area (Å²) in [5, 5.41) is 31.0. The van der Waals surface area contributed by atoms with E-state index in [2.05, 4.69) is 5.32 Å². The van der Waals surface area contributed by atoms with Gasteiger partial charge in [0.2, 0.25) is 5.75 Å². The third kappa shape index (κ3) is 2.97. The van der Waals surface area contributed by atoms with Crippen LogP contribution in [0.25, 0.3) is 0 Å². The lowest BCUT2D eigenvalue weighted by Gasteiger charge is -2.09. The number of hydrogen-bond donors (Lipinski definition) is 4. The van der Waals surface area contributed by atoms with E-state index >= 15 is 0 Å². The number of halogens is 2. The molecule has 4 nitrogen and oxygen atoms in total. The monoisotopic (exact) mass is 281 g/mol. The Labute approximate surface area is 113 Å². The molecule has 0 atom stereocenters. The van der Waals surface area contributed by atoms with Crippen LogP contribution in [-0.4, -0.2) is 15.3 Å². The zero-order chi connectivity index (χ0) is 14.7. The highest BCUT2D eigenvalue weighted by molar-refractivity contribution is 5.53. The van der Waals surface area contributed by atoms with Crippen molar-refractivity contribution in [2.24, 2.45) is 0 Å². The lowest BCUT2D eigenvalue weighted by Crippen LogP contribution is -2.14. The van der Waals surface area contributed by atoms with Gasteiger partial charge in [0.1, 0.15) is 11.6 Å². The molecule has 0 aliphatic carbocycles. The molecule has 0 aromatic heterocycles. The van der Waals surface area contributed by atoms with E-state index in [0.717, 1.165) is 12.1 Å². The predicted molar refractivity (Wildman–Crippen MR) is 68.3 cm³/mol. The Balaban J connectivity index is 2.01. The lowest BCUT2D eigenvalue weighted by molar-refractivity contribution is 0.364. The van der Waals surface area contributed by atoms with Gasteiger partial charge in [0.15, 0.2) is 11.5 Å². The van der Waals surface area contributed by atoms with Gasteiger partial charge in [-0.2, -0.15) is 0 Å². The van der Waals surface area contributed by atoms with Crippen molar-refractivity contribution in [2.75, 3.05) is 0 Å². The molecule has 0 aliphatic rings. The Morgan fingerprint density at radius 2 is 1.50 bits per heavy atom. The standard InChI is InChI=1S/C14H13F2NO3/c15-10-3-1-8(11(16)5-10)6-17-7-9-2-4-12(18)14(20)13(9)19/h1-5,17-20H,6-7H2. The minimum Gasteiger partial charge on any atom is -0.504 e. The third-order valence-electron chi connectivity index (χ3n) is 2.86. The van der Waals surface area contributed by atoms with Gasteiger partial charge in [-0.15, -0.1) is 0 Å². The fourth-order valence-corrected chi connectivity index (χ4v) is 1.75. The highest BCUT2D eigenvalue weighted by Gasteiger charge is 2.11. The first-order chi connectivity index (χ1) is 9.49. The highest BCUT2D eigenvalue weighted by atomic mass is 19.1. The van der Waals surface area contributed by atoms with Crippen LogP contribution >= 0.6 is 0 Å². The first-order valence-electron chi connectivity index (χ1n) is 5.86. The normalized spacial score (nSPS) is 10.7. The molecular formula is C14H13F2NO3. The maximum atomic E-state index is 13.4. The quantitative estimate of drug-likeness (QED) is 0.649. The van der Waals surface area contributed by atoms with Crippen molar-refractivity contribution >= 4 is 0 Å². The second-order valence-electron chi connectivity index (χ2n) is 4.28. The summed E-state index contributed by atoms with van der Waals surface area (Å²) in [5.74, 6) is -2.76. The second-order valence-corrected chi connectivity index (χ2v) is 4.28. The van der Waals surface area contributed by atoms with Crippen molar-refractivity contribution in [3.63, 3.8) is 0 Å². The van der Waals surface area contributed by atoms with Crippen molar-refractivity contribution in [1.29, 1.82) is 0 Å². The lowest BCUT2D eigenvalue weighted by atomic mass is 10.1. The van der Waals surface area contributed by atoms with Crippen LogP contribution in [0.3, 0.4) is 0 Å². The fraction of sp³-hybridized carbons (Fsp3) is 0.143. The molecule has 2 aromatic rings. The molecule has 0 unspecified atom stereocenters. The Morgan fingerprint density at radius 3 is 2.20 bits per heavy atom. The van der Waals surface area contributed by atoms with Crippen molar-refractivity contribution in [2.45, 2.75) is 13.1 Å². The maximum absolute atomic E-state index is 13.4. The van der Waals surface area contributed by atoms with Crippen molar-refractivity contribution < 1.29 is 24.1 Å². The first-order valence-corrected chi connectivity index (χ1v) is 5.86. The van der Waals surface area contributed by atoms with Crippen LogP contribution < -0.4 is 5.32 Å². The van der Waals surface area contributed by atoms with Crippen LogP contribution in [0.15, 0.2) is 30.3 Å². The van der Waals surface area contributed by atoms with Gasteiger partial charge in [0.05, 0.1) is 0 Å². The van der Waals surface area contributed by atoms with Gasteiger partial charge in [-0.05, 0) is 12.1 Å². The Kier molecular flexibility index (Phi) is 4.05. The van der Waals surface area contributed by atoms with Crippen LogP contribution in [0.1, 0.15) is 11.1 Å². The topological polar surface area (TPSA) is 72.7 Å². The largest absolute Gasteiger partial charge is 0.504 e. The molecule has 2 aromatic carbocycles. The Bertz CT molecular complexity index is 632. The summed E-state index contributed by atoms with van der Waals surface area (Å²) in [4.78, 5) is 0. The summed E-state index contributed by atoms with van der Waals surface area (Å²) in [6, 6.07) is 5.94. The van der Waals surface area contributed by atoms with Gasteiger partial charge in [0, 0.05) is 30.3 Å². The second kappa shape index (κ2) is 5.75. The zero-order valence-electron chi connectivity index (χ0n) is 10.4. The molecule has 0 saturated carbocycles. The minimum absolute atomic E-state index is 0.132. The molecule has 0 saturated heterocycles.